The summed E-state index contributed by atoms with van der Waals surface area (Å²) in [7, 11) is 0. The molecule has 1 saturated carbocycles. The minimum Gasteiger partial charge on any atom is -0.350 e. The van der Waals surface area contributed by atoms with Crippen LogP contribution in [0.5, 0.6) is 0 Å². The lowest BCUT2D eigenvalue weighted by molar-refractivity contribution is -0.117. The highest BCUT2D eigenvalue weighted by atomic mass is 35.5. The van der Waals surface area contributed by atoms with E-state index < -0.39 is 0 Å². The maximum absolute atomic E-state index is 11.8. The number of nitrogens with one attached hydrogen (secondary N) is 1. The molecule has 1 unspecified atom stereocenters. The first-order valence-corrected chi connectivity index (χ1v) is 9.50. The van der Waals surface area contributed by atoms with Gasteiger partial charge in [0, 0.05) is 12.1 Å². The number of carbonyl (C=O) groups is 1. The zero-order valence-corrected chi connectivity index (χ0v) is 17.0. The summed E-state index contributed by atoms with van der Waals surface area (Å²) in [6.07, 6.45) is 7.52. The van der Waals surface area contributed by atoms with Gasteiger partial charge in [-0.2, -0.15) is 0 Å². The third-order valence-electron chi connectivity index (χ3n) is 5.26. The van der Waals surface area contributed by atoms with Gasteiger partial charge in [-0.15, -0.1) is 0 Å². The summed E-state index contributed by atoms with van der Waals surface area (Å²) < 4.78 is 0. The monoisotopic (exact) mass is 379 g/mol. The van der Waals surface area contributed by atoms with E-state index in [1.165, 1.54) is 5.56 Å². The molecule has 1 aromatic carbocycles. The largest absolute Gasteiger partial charge is 0.350 e. The van der Waals surface area contributed by atoms with E-state index in [-0.39, 0.29) is 17.4 Å². The Hall–Kier alpha value is -1.25. The van der Waals surface area contributed by atoms with Crippen molar-refractivity contribution in [3.8, 4) is 0 Å². The standard InChI is InChI=1S/C21H27Cl2NO/c1-13(2)14(3)24-19(25)9-7-6-8-16-20(21(16,4)5)15-10-11-17(22)18(23)12-15/h6-14,16,20H,1-5H3,(H,24,25)/t14?,16-,20-/m1/s1. The van der Waals surface area contributed by atoms with Crippen LogP contribution in [0.1, 0.15) is 46.1 Å². The van der Waals surface area contributed by atoms with Crippen LogP contribution in [0.15, 0.2) is 42.5 Å². The van der Waals surface area contributed by atoms with E-state index in [9.17, 15) is 4.79 Å². The van der Waals surface area contributed by atoms with E-state index in [1.807, 2.05) is 37.3 Å². The first-order valence-electron chi connectivity index (χ1n) is 8.75. The van der Waals surface area contributed by atoms with Crippen LogP contribution < -0.4 is 5.32 Å². The first-order chi connectivity index (χ1) is 11.6. The summed E-state index contributed by atoms with van der Waals surface area (Å²) in [4.78, 5) is 11.8. The molecule has 1 aliphatic rings. The molecule has 4 heteroatoms. The Labute approximate surface area is 161 Å². The Morgan fingerprint density at radius 2 is 1.84 bits per heavy atom. The highest BCUT2D eigenvalue weighted by Crippen LogP contribution is 2.65. The van der Waals surface area contributed by atoms with Crippen molar-refractivity contribution in [2.45, 2.75) is 46.6 Å². The Morgan fingerprint density at radius 1 is 1.16 bits per heavy atom. The van der Waals surface area contributed by atoms with Crippen LogP contribution in [-0.4, -0.2) is 11.9 Å². The number of benzene rings is 1. The van der Waals surface area contributed by atoms with Crippen LogP contribution in [-0.2, 0) is 4.79 Å². The summed E-state index contributed by atoms with van der Waals surface area (Å²) in [5.74, 6) is 1.21. The minimum absolute atomic E-state index is 0.0538. The molecule has 1 aliphatic carbocycles. The van der Waals surface area contributed by atoms with Crippen molar-refractivity contribution < 1.29 is 4.79 Å². The SMILES string of the molecule is CC(C)C(C)NC(=O)C=CC=C[C@@H]1[C@@H](c2ccc(Cl)c(Cl)c2)C1(C)C. The summed E-state index contributed by atoms with van der Waals surface area (Å²) in [5, 5.41) is 4.14. The molecule has 1 N–H and O–H groups in total. The number of hydrogen-bond donors (Lipinski definition) is 1. The van der Waals surface area contributed by atoms with Gasteiger partial charge in [-0.1, -0.05) is 75.2 Å². The zero-order valence-electron chi connectivity index (χ0n) is 15.5. The molecule has 0 bridgehead atoms. The van der Waals surface area contributed by atoms with Gasteiger partial charge < -0.3 is 5.32 Å². The Kier molecular flexibility index (Phi) is 6.40. The molecule has 2 rings (SSSR count). The Balaban J connectivity index is 1.96. The first kappa shape index (κ1) is 20.1. The second-order valence-electron chi connectivity index (χ2n) is 7.78. The van der Waals surface area contributed by atoms with Gasteiger partial charge in [-0.25, -0.2) is 0 Å². The predicted molar refractivity (Wildman–Crippen MR) is 107 cm³/mol. The molecule has 1 amide bonds. The normalized spacial score (nSPS) is 23.4. The van der Waals surface area contributed by atoms with Gasteiger partial charge in [-0.3, -0.25) is 4.79 Å². The minimum atomic E-state index is -0.0538. The van der Waals surface area contributed by atoms with Crippen molar-refractivity contribution in [3.63, 3.8) is 0 Å². The van der Waals surface area contributed by atoms with Crippen LogP contribution >= 0.6 is 23.2 Å². The second-order valence-corrected chi connectivity index (χ2v) is 8.60. The molecule has 136 valence electrons. The van der Waals surface area contributed by atoms with Gasteiger partial charge >= 0.3 is 0 Å². The van der Waals surface area contributed by atoms with E-state index in [0.717, 1.165) is 0 Å². The zero-order chi connectivity index (χ0) is 18.8. The average molecular weight is 380 g/mol. The van der Waals surface area contributed by atoms with Gasteiger partial charge in [0.25, 0.3) is 0 Å². The smallest absolute Gasteiger partial charge is 0.244 e. The summed E-state index contributed by atoms with van der Waals surface area (Å²) >= 11 is 12.2. The molecule has 0 aromatic heterocycles. The van der Waals surface area contributed by atoms with Crippen LogP contribution in [0, 0.1) is 17.3 Å². The van der Waals surface area contributed by atoms with Gasteiger partial charge in [0.1, 0.15) is 0 Å². The lowest BCUT2D eigenvalue weighted by Gasteiger charge is -2.15. The summed E-state index contributed by atoms with van der Waals surface area (Å²) in [5.41, 5.74) is 1.39. The Morgan fingerprint density at radius 3 is 2.44 bits per heavy atom. The van der Waals surface area contributed by atoms with Crippen molar-refractivity contribution in [2.24, 2.45) is 17.3 Å². The van der Waals surface area contributed by atoms with Gasteiger partial charge in [0.2, 0.25) is 5.91 Å². The van der Waals surface area contributed by atoms with Crippen molar-refractivity contribution in [1.29, 1.82) is 0 Å². The van der Waals surface area contributed by atoms with Crippen LogP contribution in [0.4, 0.5) is 0 Å². The third-order valence-corrected chi connectivity index (χ3v) is 6.00. The van der Waals surface area contributed by atoms with E-state index >= 15 is 0 Å². The van der Waals surface area contributed by atoms with E-state index in [0.29, 0.717) is 27.8 Å². The molecule has 3 atom stereocenters. The predicted octanol–water partition coefficient (Wildman–Crippen LogP) is 6.01. The van der Waals surface area contributed by atoms with E-state index in [2.05, 4.69) is 39.1 Å². The van der Waals surface area contributed by atoms with Gasteiger partial charge in [-0.05, 0) is 47.8 Å². The number of rotatable bonds is 6. The molecular formula is C21H27Cl2NO. The topological polar surface area (TPSA) is 29.1 Å². The van der Waals surface area contributed by atoms with Crippen molar-refractivity contribution >= 4 is 29.1 Å². The number of hydrogen-bond acceptors (Lipinski definition) is 1. The van der Waals surface area contributed by atoms with Crippen molar-refractivity contribution in [1.82, 2.24) is 5.32 Å². The van der Waals surface area contributed by atoms with Crippen LogP contribution in [0.2, 0.25) is 10.0 Å². The number of amides is 1. The number of carbonyl (C=O) groups excluding carboxylic acids is 1. The van der Waals surface area contributed by atoms with Gasteiger partial charge in [0.15, 0.2) is 0 Å². The molecule has 1 fully saturated rings. The lowest BCUT2D eigenvalue weighted by atomic mass is 10.0. The lowest BCUT2D eigenvalue weighted by Crippen LogP contribution is -2.34. The van der Waals surface area contributed by atoms with E-state index in [1.54, 1.807) is 6.08 Å². The van der Waals surface area contributed by atoms with Crippen LogP contribution in [0.25, 0.3) is 0 Å². The molecule has 0 heterocycles. The fraction of sp³-hybridized carbons (Fsp3) is 0.476. The Bertz CT molecular complexity index is 691. The molecular weight excluding hydrogens is 353 g/mol. The molecule has 25 heavy (non-hydrogen) atoms. The maximum atomic E-state index is 11.8. The molecule has 0 saturated heterocycles. The van der Waals surface area contributed by atoms with Crippen LogP contribution in [0.3, 0.4) is 0 Å². The van der Waals surface area contributed by atoms with Gasteiger partial charge in [0.05, 0.1) is 10.0 Å². The quantitative estimate of drug-likeness (QED) is 0.476. The summed E-state index contributed by atoms with van der Waals surface area (Å²) in [6, 6.07) is 6.03. The molecule has 1 aromatic rings. The number of halogens is 2. The van der Waals surface area contributed by atoms with Crippen molar-refractivity contribution in [3.05, 3.63) is 58.1 Å². The highest BCUT2D eigenvalue weighted by molar-refractivity contribution is 6.42. The molecule has 0 radical (unpaired) electrons. The van der Waals surface area contributed by atoms with Crippen molar-refractivity contribution in [2.75, 3.05) is 0 Å². The second kappa shape index (κ2) is 7.97. The fourth-order valence-electron chi connectivity index (χ4n) is 3.15. The molecule has 0 aliphatic heterocycles. The third kappa shape index (κ3) is 4.89. The molecule has 2 nitrogen and oxygen atoms in total. The number of allylic oxidation sites excluding steroid dienone is 3. The fourth-order valence-corrected chi connectivity index (χ4v) is 3.45. The van der Waals surface area contributed by atoms with E-state index in [4.69, 9.17) is 23.2 Å². The summed E-state index contributed by atoms with van der Waals surface area (Å²) in [6.45, 7) is 10.7. The highest BCUT2D eigenvalue weighted by Gasteiger charge is 2.56. The maximum Gasteiger partial charge on any atom is 0.244 e. The molecule has 0 spiro atoms. The average Bonchev–Trinajstić information content (AvgIpc) is 3.07.